The van der Waals surface area contributed by atoms with Crippen molar-refractivity contribution in [2.45, 2.75) is 33.3 Å². The maximum Gasteiger partial charge on any atom is 0.347 e. The molecular weight excluding hydrogens is 400 g/mol. The Labute approximate surface area is 190 Å². The van der Waals surface area contributed by atoms with Gasteiger partial charge in [0.15, 0.2) is 5.60 Å². The first-order valence-corrected chi connectivity index (χ1v) is 10.8. The predicted octanol–water partition coefficient (Wildman–Crippen LogP) is 6.71. The van der Waals surface area contributed by atoms with Gasteiger partial charge in [-0.25, -0.2) is 4.79 Å². The van der Waals surface area contributed by atoms with E-state index < -0.39 is 11.6 Å². The maximum atomic E-state index is 11.2. The molecule has 32 heavy (non-hydrogen) atoms. The van der Waals surface area contributed by atoms with Crippen LogP contribution in [0.15, 0.2) is 84.4 Å². The van der Waals surface area contributed by atoms with E-state index in [0.29, 0.717) is 24.0 Å². The quantitative estimate of drug-likeness (QED) is 0.410. The Morgan fingerprint density at radius 3 is 2.00 bits per heavy atom. The molecule has 0 bridgehead atoms. The van der Waals surface area contributed by atoms with Gasteiger partial charge in [0.2, 0.25) is 0 Å². The second kappa shape index (κ2) is 10.2. The fraction of sp³-hybridized carbons (Fsp3) is 0.250. The largest absolute Gasteiger partial charge is 0.489 e. The summed E-state index contributed by atoms with van der Waals surface area (Å²) in [5, 5.41) is 9.19. The SMILES string of the molecule is CC(C)/C(=C\c1ccc(-c2ccccc2)cc1)COc1ccc(OC(C)(C)C(=O)O)cc1. The molecule has 166 valence electrons. The van der Waals surface area contributed by atoms with E-state index in [1.165, 1.54) is 30.5 Å². The Morgan fingerprint density at radius 1 is 0.875 bits per heavy atom. The molecule has 0 aromatic heterocycles. The molecule has 0 aliphatic heterocycles. The minimum absolute atomic E-state index is 0.336. The number of rotatable bonds is 9. The van der Waals surface area contributed by atoms with Gasteiger partial charge in [0, 0.05) is 0 Å². The molecule has 0 amide bonds. The van der Waals surface area contributed by atoms with Crippen LogP contribution in [0.3, 0.4) is 0 Å². The van der Waals surface area contributed by atoms with Crippen molar-refractivity contribution in [3.63, 3.8) is 0 Å². The molecule has 3 aromatic carbocycles. The van der Waals surface area contributed by atoms with Gasteiger partial charge in [-0.3, -0.25) is 0 Å². The van der Waals surface area contributed by atoms with E-state index in [1.807, 2.05) is 18.2 Å². The number of carboxylic acid groups (broad SMARTS) is 1. The number of benzene rings is 3. The highest BCUT2D eigenvalue weighted by molar-refractivity contribution is 5.76. The van der Waals surface area contributed by atoms with Gasteiger partial charge in [-0.05, 0) is 66.3 Å². The fourth-order valence-electron chi connectivity index (χ4n) is 3.10. The number of hydrogen-bond donors (Lipinski definition) is 1. The van der Waals surface area contributed by atoms with Crippen LogP contribution in [0, 0.1) is 5.92 Å². The lowest BCUT2D eigenvalue weighted by Gasteiger charge is -2.21. The van der Waals surface area contributed by atoms with Gasteiger partial charge in [0.1, 0.15) is 18.1 Å². The average molecular weight is 431 g/mol. The minimum Gasteiger partial charge on any atom is -0.489 e. The summed E-state index contributed by atoms with van der Waals surface area (Å²) in [6.45, 7) is 7.81. The van der Waals surface area contributed by atoms with Crippen LogP contribution in [0.2, 0.25) is 0 Å². The Morgan fingerprint density at radius 2 is 1.44 bits per heavy atom. The molecule has 3 aromatic rings. The lowest BCUT2D eigenvalue weighted by Crippen LogP contribution is -2.37. The van der Waals surface area contributed by atoms with E-state index in [0.717, 1.165) is 5.56 Å². The first kappa shape index (κ1) is 23.1. The van der Waals surface area contributed by atoms with Crippen LogP contribution in [-0.2, 0) is 4.79 Å². The van der Waals surface area contributed by atoms with Crippen molar-refractivity contribution < 1.29 is 19.4 Å². The van der Waals surface area contributed by atoms with Gasteiger partial charge < -0.3 is 14.6 Å². The number of aliphatic carboxylic acids is 1. The second-order valence-electron chi connectivity index (χ2n) is 8.54. The van der Waals surface area contributed by atoms with E-state index in [2.05, 4.69) is 56.3 Å². The summed E-state index contributed by atoms with van der Waals surface area (Å²) in [7, 11) is 0. The summed E-state index contributed by atoms with van der Waals surface area (Å²) in [6, 6.07) is 25.9. The van der Waals surface area contributed by atoms with Crippen LogP contribution in [0.1, 0.15) is 33.3 Å². The summed E-state index contributed by atoms with van der Waals surface area (Å²) < 4.78 is 11.5. The topological polar surface area (TPSA) is 55.8 Å². The zero-order chi connectivity index (χ0) is 23.1. The third-order valence-corrected chi connectivity index (χ3v) is 5.23. The van der Waals surface area contributed by atoms with Crippen molar-refractivity contribution in [2.75, 3.05) is 6.61 Å². The highest BCUT2D eigenvalue weighted by Crippen LogP contribution is 2.24. The summed E-state index contributed by atoms with van der Waals surface area (Å²) in [5.74, 6) is 0.517. The van der Waals surface area contributed by atoms with E-state index in [9.17, 15) is 9.90 Å². The monoisotopic (exact) mass is 430 g/mol. The first-order chi connectivity index (χ1) is 15.2. The Kier molecular flexibility index (Phi) is 7.37. The van der Waals surface area contributed by atoms with Crippen molar-refractivity contribution in [3.05, 3.63) is 90.0 Å². The van der Waals surface area contributed by atoms with Crippen LogP contribution >= 0.6 is 0 Å². The van der Waals surface area contributed by atoms with E-state index in [4.69, 9.17) is 9.47 Å². The van der Waals surface area contributed by atoms with Crippen LogP contribution in [0.25, 0.3) is 17.2 Å². The van der Waals surface area contributed by atoms with Crippen LogP contribution in [-0.4, -0.2) is 23.3 Å². The number of carboxylic acids is 1. The Hall–Kier alpha value is -3.53. The van der Waals surface area contributed by atoms with E-state index >= 15 is 0 Å². The maximum absolute atomic E-state index is 11.2. The molecule has 0 saturated carbocycles. The molecule has 1 N–H and O–H groups in total. The molecule has 4 nitrogen and oxygen atoms in total. The Bertz CT molecular complexity index is 1050. The standard InChI is InChI=1S/C28H30O4/c1-20(2)24(18-21-10-12-23(13-11-21)22-8-6-5-7-9-22)19-31-25-14-16-26(17-15-25)32-28(3,4)27(29)30/h5-18,20H,19H2,1-4H3,(H,29,30)/b24-18-. The summed E-state index contributed by atoms with van der Waals surface area (Å²) in [4.78, 5) is 11.2. The summed E-state index contributed by atoms with van der Waals surface area (Å²) in [5.41, 5.74) is 3.43. The molecule has 0 spiro atoms. The molecule has 0 aliphatic carbocycles. The fourth-order valence-corrected chi connectivity index (χ4v) is 3.10. The van der Waals surface area contributed by atoms with E-state index in [-0.39, 0.29) is 0 Å². The third kappa shape index (κ3) is 6.24. The molecule has 0 heterocycles. The van der Waals surface area contributed by atoms with Crippen molar-refractivity contribution in [1.29, 1.82) is 0 Å². The second-order valence-corrected chi connectivity index (χ2v) is 8.54. The predicted molar refractivity (Wildman–Crippen MR) is 129 cm³/mol. The van der Waals surface area contributed by atoms with Gasteiger partial charge in [-0.1, -0.05) is 74.5 Å². The molecule has 0 radical (unpaired) electrons. The zero-order valence-corrected chi connectivity index (χ0v) is 19.0. The molecule has 3 rings (SSSR count). The molecular formula is C28H30O4. The van der Waals surface area contributed by atoms with E-state index in [1.54, 1.807) is 24.3 Å². The lowest BCUT2D eigenvalue weighted by molar-refractivity contribution is -0.152. The number of carbonyl (C=O) groups is 1. The molecule has 0 unspecified atom stereocenters. The minimum atomic E-state index is -1.29. The van der Waals surface area contributed by atoms with Crippen molar-refractivity contribution >= 4 is 12.0 Å². The Balaban J connectivity index is 1.65. The lowest BCUT2D eigenvalue weighted by atomic mass is 9.99. The van der Waals surface area contributed by atoms with Crippen molar-refractivity contribution in [2.24, 2.45) is 5.92 Å². The van der Waals surface area contributed by atoms with Crippen molar-refractivity contribution in [1.82, 2.24) is 0 Å². The smallest absolute Gasteiger partial charge is 0.347 e. The van der Waals surface area contributed by atoms with Gasteiger partial charge in [0.05, 0.1) is 0 Å². The molecule has 0 saturated heterocycles. The van der Waals surface area contributed by atoms with Crippen molar-refractivity contribution in [3.8, 4) is 22.6 Å². The molecule has 4 heteroatoms. The van der Waals surface area contributed by atoms with Gasteiger partial charge in [-0.2, -0.15) is 0 Å². The average Bonchev–Trinajstić information content (AvgIpc) is 2.78. The van der Waals surface area contributed by atoms with Gasteiger partial charge in [-0.15, -0.1) is 0 Å². The van der Waals surface area contributed by atoms with Gasteiger partial charge >= 0.3 is 5.97 Å². The molecule has 0 fully saturated rings. The zero-order valence-electron chi connectivity index (χ0n) is 19.0. The van der Waals surface area contributed by atoms with Crippen LogP contribution in [0.4, 0.5) is 0 Å². The van der Waals surface area contributed by atoms with Gasteiger partial charge in [0.25, 0.3) is 0 Å². The number of ether oxygens (including phenoxy) is 2. The normalized spacial score (nSPS) is 12.0. The summed E-state index contributed by atoms with van der Waals surface area (Å²) in [6.07, 6.45) is 2.17. The highest BCUT2D eigenvalue weighted by atomic mass is 16.5. The third-order valence-electron chi connectivity index (χ3n) is 5.23. The first-order valence-electron chi connectivity index (χ1n) is 10.8. The molecule has 0 atom stereocenters. The van der Waals surface area contributed by atoms with Crippen LogP contribution < -0.4 is 9.47 Å². The number of hydrogen-bond acceptors (Lipinski definition) is 3. The summed E-state index contributed by atoms with van der Waals surface area (Å²) >= 11 is 0. The molecule has 0 aliphatic rings. The van der Waals surface area contributed by atoms with Crippen LogP contribution in [0.5, 0.6) is 11.5 Å². The highest BCUT2D eigenvalue weighted by Gasteiger charge is 2.29.